The van der Waals surface area contributed by atoms with Crippen LogP contribution in [-0.4, -0.2) is 13.7 Å². The van der Waals surface area contributed by atoms with Crippen LogP contribution in [0.2, 0.25) is 0 Å². The first-order chi connectivity index (χ1) is 14.4. The van der Waals surface area contributed by atoms with Gasteiger partial charge in [0, 0.05) is 0 Å². The lowest BCUT2D eigenvalue weighted by molar-refractivity contribution is 0.191. The number of rotatable bonds is 7. The Balaban J connectivity index is 0.00000117. The molecule has 3 nitrogen and oxygen atoms in total. The Bertz CT molecular complexity index is 849. The highest BCUT2D eigenvalue weighted by atomic mass is 16.5. The van der Waals surface area contributed by atoms with E-state index in [4.69, 9.17) is 9.47 Å². The van der Waals surface area contributed by atoms with Crippen molar-refractivity contribution >= 4 is 0 Å². The maximum atomic E-state index is 6.45. The van der Waals surface area contributed by atoms with Crippen molar-refractivity contribution in [2.24, 2.45) is 5.73 Å². The molecule has 0 fully saturated rings. The molecule has 1 aliphatic rings. The van der Waals surface area contributed by atoms with Crippen molar-refractivity contribution in [1.29, 1.82) is 0 Å². The average Bonchev–Trinajstić information content (AvgIpc) is 2.81. The van der Waals surface area contributed by atoms with E-state index >= 15 is 0 Å². The fourth-order valence-corrected chi connectivity index (χ4v) is 3.67. The van der Waals surface area contributed by atoms with Crippen molar-refractivity contribution in [1.82, 2.24) is 0 Å². The molecule has 1 aliphatic heterocycles. The van der Waals surface area contributed by atoms with E-state index in [1.807, 2.05) is 6.07 Å². The highest BCUT2D eigenvalue weighted by Crippen LogP contribution is 2.32. The van der Waals surface area contributed by atoms with Crippen LogP contribution in [0.25, 0.3) is 0 Å². The molecule has 0 radical (unpaired) electrons. The van der Waals surface area contributed by atoms with Gasteiger partial charge in [0.15, 0.2) is 0 Å². The van der Waals surface area contributed by atoms with Crippen LogP contribution >= 0.6 is 0 Å². The highest BCUT2D eigenvalue weighted by Gasteiger charge is 2.16. The maximum Gasteiger partial charge on any atom is 0.124 e. The van der Waals surface area contributed by atoms with Crippen LogP contribution in [0.15, 0.2) is 78.9 Å². The second kappa shape index (κ2) is 11.3. The van der Waals surface area contributed by atoms with Gasteiger partial charge in [-0.2, -0.15) is 0 Å². The van der Waals surface area contributed by atoms with Crippen LogP contribution in [-0.2, 0) is 12.8 Å². The lowest BCUT2D eigenvalue weighted by Gasteiger charge is -2.22. The molecule has 0 saturated heterocycles. The number of nitrogens with two attached hydrogens (primary N) is 1. The smallest absolute Gasteiger partial charge is 0.124 e. The van der Waals surface area contributed by atoms with Crippen molar-refractivity contribution < 1.29 is 9.47 Å². The van der Waals surface area contributed by atoms with Gasteiger partial charge in [0.2, 0.25) is 0 Å². The van der Waals surface area contributed by atoms with Crippen molar-refractivity contribution in [2.45, 2.75) is 38.2 Å². The van der Waals surface area contributed by atoms with E-state index in [9.17, 15) is 0 Å². The zero-order valence-corrected chi connectivity index (χ0v) is 17.2. The standard InChI is InChI=1S/C25H26O2.CH5N/c1-3-9-20(10-4-1)11-7-15-25(21-12-5-2-6-13-21)27-23-16-17-24-22(19-23)14-8-18-26-24;1-2/h1-6,9-10,12-13,16-17,19,25H,7-8,11,14-15,18H2;2H2,1H3. The predicted octanol–water partition coefficient (Wildman–Crippen LogP) is 5.73. The molecule has 0 saturated carbocycles. The average molecular weight is 390 g/mol. The number of fused-ring (bicyclic) bond motifs is 1. The molecule has 0 spiro atoms. The fraction of sp³-hybridized carbons (Fsp3) is 0.308. The summed E-state index contributed by atoms with van der Waals surface area (Å²) >= 11 is 0. The molecular weight excluding hydrogens is 358 g/mol. The Labute approximate surface area is 174 Å². The van der Waals surface area contributed by atoms with E-state index in [0.717, 1.165) is 50.2 Å². The van der Waals surface area contributed by atoms with Crippen molar-refractivity contribution in [3.8, 4) is 11.5 Å². The minimum atomic E-state index is 0.0671. The Morgan fingerprint density at radius 1 is 0.931 bits per heavy atom. The minimum absolute atomic E-state index is 0.0671. The van der Waals surface area contributed by atoms with Gasteiger partial charge in [0.25, 0.3) is 0 Å². The van der Waals surface area contributed by atoms with Crippen LogP contribution in [0.4, 0.5) is 0 Å². The summed E-state index contributed by atoms with van der Waals surface area (Å²) in [6, 6.07) is 27.5. The molecule has 0 bridgehead atoms. The Morgan fingerprint density at radius 2 is 1.66 bits per heavy atom. The second-order valence-electron chi connectivity index (χ2n) is 7.12. The molecule has 3 aromatic rings. The number of hydrogen-bond donors (Lipinski definition) is 1. The molecule has 0 amide bonds. The van der Waals surface area contributed by atoms with Gasteiger partial charge in [0.05, 0.1) is 6.61 Å². The van der Waals surface area contributed by atoms with E-state index in [-0.39, 0.29) is 6.10 Å². The molecule has 152 valence electrons. The zero-order valence-electron chi connectivity index (χ0n) is 17.2. The summed E-state index contributed by atoms with van der Waals surface area (Å²) in [5.41, 5.74) is 8.38. The van der Waals surface area contributed by atoms with Crippen LogP contribution in [0.3, 0.4) is 0 Å². The van der Waals surface area contributed by atoms with Gasteiger partial charge in [-0.15, -0.1) is 0 Å². The topological polar surface area (TPSA) is 44.5 Å². The maximum absolute atomic E-state index is 6.45. The third-order valence-corrected chi connectivity index (χ3v) is 5.10. The third kappa shape index (κ3) is 6.10. The molecule has 0 aliphatic carbocycles. The summed E-state index contributed by atoms with van der Waals surface area (Å²) in [4.78, 5) is 0. The number of hydrogen-bond acceptors (Lipinski definition) is 3. The lowest BCUT2D eigenvalue weighted by atomic mass is 10.0. The van der Waals surface area contributed by atoms with Crippen molar-refractivity contribution in [3.63, 3.8) is 0 Å². The van der Waals surface area contributed by atoms with E-state index in [0.29, 0.717) is 0 Å². The summed E-state index contributed by atoms with van der Waals surface area (Å²) in [5, 5.41) is 0. The predicted molar refractivity (Wildman–Crippen MR) is 120 cm³/mol. The Hall–Kier alpha value is -2.78. The molecule has 1 atom stereocenters. The largest absolute Gasteiger partial charge is 0.493 e. The Morgan fingerprint density at radius 3 is 2.41 bits per heavy atom. The van der Waals surface area contributed by atoms with Crippen LogP contribution in [0.5, 0.6) is 11.5 Å². The summed E-state index contributed by atoms with van der Waals surface area (Å²) in [7, 11) is 1.50. The highest BCUT2D eigenvalue weighted by molar-refractivity contribution is 5.41. The van der Waals surface area contributed by atoms with Gasteiger partial charge in [-0.25, -0.2) is 0 Å². The van der Waals surface area contributed by atoms with Crippen molar-refractivity contribution in [2.75, 3.05) is 13.7 Å². The van der Waals surface area contributed by atoms with E-state index in [1.165, 1.54) is 23.7 Å². The first-order valence-corrected chi connectivity index (χ1v) is 10.5. The molecule has 0 aromatic heterocycles. The molecule has 1 unspecified atom stereocenters. The Kier molecular flexibility index (Phi) is 8.14. The van der Waals surface area contributed by atoms with E-state index in [1.54, 1.807) is 0 Å². The SMILES string of the molecule is CN.c1ccc(CCCC(Oc2ccc3c(c2)CCCO3)c2ccccc2)cc1. The zero-order chi connectivity index (χ0) is 20.3. The molecule has 3 heteroatoms. The molecule has 3 aromatic carbocycles. The summed E-state index contributed by atoms with van der Waals surface area (Å²) in [6.07, 6.45) is 5.37. The van der Waals surface area contributed by atoms with Gasteiger partial charge in [-0.05, 0) is 74.0 Å². The van der Waals surface area contributed by atoms with Gasteiger partial charge in [-0.3, -0.25) is 0 Å². The molecular formula is C26H31NO2. The number of ether oxygens (including phenoxy) is 2. The summed E-state index contributed by atoms with van der Waals surface area (Å²) < 4.78 is 12.2. The number of aryl methyl sites for hydroxylation is 2. The van der Waals surface area contributed by atoms with Crippen LogP contribution < -0.4 is 15.2 Å². The first-order valence-electron chi connectivity index (χ1n) is 10.5. The van der Waals surface area contributed by atoms with Gasteiger partial charge in [-0.1, -0.05) is 60.7 Å². The quantitative estimate of drug-likeness (QED) is 0.561. The monoisotopic (exact) mass is 389 g/mol. The summed E-state index contributed by atoms with van der Waals surface area (Å²) in [5.74, 6) is 1.95. The van der Waals surface area contributed by atoms with Gasteiger partial charge in [0.1, 0.15) is 17.6 Å². The van der Waals surface area contributed by atoms with Gasteiger partial charge < -0.3 is 15.2 Å². The molecule has 29 heavy (non-hydrogen) atoms. The first kappa shape index (κ1) is 20.9. The van der Waals surface area contributed by atoms with E-state index in [2.05, 4.69) is 78.5 Å². The normalized spacial score (nSPS) is 13.3. The lowest BCUT2D eigenvalue weighted by Crippen LogP contribution is -2.11. The minimum Gasteiger partial charge on any atom is -0.493 e. The number of benzene rings is 3. The van der Waals surface area contributed by atoms with E-state index < -0.39 is 0 Å². The fourth-order valence-electron chi connectivity index (χ4n) is 3.67. The second-order valence-corrected chi connectivity index (χ2v) is 7.12. The molecule has 2 N–H and O–H groups in total. The van der Waals surface area contributed by atoms with Crippen molar-refractivity contribution in [3.05, 3.63) is 95.6 Å². The molecule has 1 heterocycles. The molecule has 4 rings (SSSR count). The van der Waals surface area contributed by atoms with Gasteiger partial charge >= 0.3 is 0 Å². The van der Waals surface area contributed by atoms with Crippen LogP contribution in [0, 0.1) is 0 Å². The summed E-state index contributed by atoms with van der Waals surface area (Å²) in [6.45, 7) is 0.819. The van der Waals surface area contributed by atoms with Crippen LogP contribution in [0.1, 0.15) is 42.1 Å². The third-order valence-electron chi connectivity index (χ3n) is 5.10.